The Hall–Kier alpha value is -2.17. The van der Waals surface area contributed by atoms with E-state index in [1.54, 1.807) is 25.1 Å². The Morgan fingerprint density at radius 1 is 1.33 bits per heavy atom. The molecule has 0 saturated carbocycles. The lowest BCUT2D eigenvalue weighted by Gasteiger charge is -1.95. The summed E-state index contributed by atoms with van der Waals surface area (Å²) in [6, 6.07) is 6.90. The highest BCUT2D eigenvalue weighted by atomic mass is 16.6. The summed E-state index contributed by atoms with van der Waals surface area (Å²) < 4.78 is 4.49. The van der Waals surface area contributed by atoms with Gasteiger partial charge in [0.15, 0.2) is 0 Å². The number of aromatic hydroxyl groups is 1. The molecule has 0 radical (unpaired) electrons. The minimum Gasteiger partial charge on any atom is -0.507 e. The van der Waals surface area contributed by atoms with Crippen LogP contribution in [0.4, 0.5) is 5.82 Å². The van der Waals surface area contributed by atoms with Gasteiger partial charge < -0.3 is 5.11 Å². The van der Waals surface area contributed by atoms with Crippen molar-refractivity contribution in [3.05, 3.63) is 35.5 Å². The molecule has 1 N–H and O–H groups in total. The van der Waals surface area contributed by atoms with Gasteiger partial charge in [0.05, 0.1) is 0 Å². The van der Waals surface area contributed by atoms with E-state index in [2.05, 4.69) is 19.9 Å². The molecule has 76 valence electrons. The highest BCUT2D eigenvalue weighted by Gasteiger charge is 2.01. The maximum atomic E-state index is 9.46. The van der Waals surface area contributed by atoms with Crippen molar-refractivity contribution in [2.45, 2.75) is 6.92 Å². The Bertz CT molecular complexity index is 491. The number of rotatable bonds is 2. The van der Waals surface area contributed by atoms with E-state index in [0.29, 0.717) is 17.1 Å². The summed E-state index contributed by atoms with van der Waals surface area (Å²) in [5.41, 5.74) is 1.24. The standard InChI is InChI=1S/C10H9N3O2/c1-7-10(13-15-12-7)11-6-8-4-2-3-5-9(8)14/h2-6,14H,1H3. The van der Waals surface area contributed by atoms with Crippen LogP contribution < -0.4 is 0 Å². The second-order valence-electron chi connectivity index (χ2n) is 2.99. The van der Waals surface area contributed by atoms with Gasteiger partial charge in [0, 0.05) is 11.8 Å². The van der Waals surface area contributed by atoms with Gasteiger partial charge in [-0.05, 0) is 24.2 Å². The molecule has 5 nitrogen and oxygen atoms in total. The lowest BCUT2D eigenvalue weighted by Crippen LogP contribution is -1.81. The number of aliphatic imine (C=N–C) groups is 1. The first-order chi connectivity index (χ1) is 7.27. The Kier molecular flexibility index (Phi) is 2.45. The van der Waals surface area contributed by atoms with Crippen molar-refractivity contribution in [1.29, 1.82) is 0 Å². The molecular formula is C10H9N3O2. The molecule has 2 rings (SSSR count). The van der Waals surface area contributed by atoms with Crippen LogP contribution in [0.1, 0.15) is 11.3 Å². The molecule has 0 bridgehead atoms. The summed E-state index contributed by atoms with van der Waals surface area (Å²) in [6.07, 6.45) is 1.52. The molecule has 0 amide bonds. The van der Waals surface area contributed by atoms with Crippen molar-refractivity contribution in [3.63, 3.8) is 0 Å². The Morgan fingerprint density at radius 2 is 2.13 bits per heavy atom. The van der Waals surface area contributed by atoms with Gasteiger partial charge in [0.1, 0.15) is 11.4 Å². The molecular weight excluding hydrogens is 194 g/mol. The van der Waals surface area contributed by atoms with Gasteiger partial charge >= 0.3 is 0 Å². The molecule has 1 aromatic carbocycles. The summed E-state index contributed by atoms with van der Waals surface area (Å²) in [7, 11) is 0. The highest BCUT2D eigenvalue weighted by molar-refractivity contribution is 5.84. The molecule has 2 aromatic rings. The van der Waals surface area contributed by atoms with Gasteiger partial charge in [-0.2, -0.15) is 0 Å². The molecule has 5 heteroatoms. The SMILES string of the molecule is Cc1nonc1N=Cc1ccccc1O. The number of aryl methyl sites for hydroxylation is 1. The van der Waals surface area contributed by atoms with Crippen LogP contribution in [0, 0.1) is 6.92 Å². The first-order valence-electron chi connectivity index (χ1n) is 4.38. The summed E-state index contributed by atoms with van der Waals surface area (Å²) in [5.74, 6) is 0.591. The predicted molar refractivity (Wildman–Crippen MR) is 54.4 cm³/mol. The van der Waals surface area contributed by atoms with Gasteiger partial charge in [-0.25, -0.2) is 9.62 Å². The van der Waals surface area contributed by atoms with Crippen LogP contribution in [0.15, 0.2) is 33.9 Å². The number of hydrogen-bond donors (Lipinski definition) is 1. The van der Waals surface area contributed by atoms with E-state index in [1.807, 2.05) is 6.07 Å². The van der Waals surface area contributed by atoms with E-state index in [4.69, 9.17) is 0 Å². The number of hydrogen-bond acceptors (Lipinski definition) is 5. The van der Waals surface area contributed by atoms with Gasteiger partial charge in [-0.15, -0.1) is 0 Å². The molecule has 0 fully saturated rings. The van der Waals surface area contributed by atoms with E-state index in [0.717, 1.165) is 0 Å². The Balaban J connectivity index is 2.26. The van der Waals surface area contributed by atoms with Crippen LogP contribution in [0.25, 0.3) is 0 Å². The zero-order chi connectivity index (χ0) is 10.7. The summed E-state index contributed by atoms with van der Waals surface area (Å²) in [4.78, 5) is 4.04. The topological polar surface area (TPSA) is 71.5 Å². The van der Waals surface area contributed by atoms with E-state index in [1.165, 1.54) is 6.21 Å². The molecule has 1 heterocycles. The third-order valence-electron chi connectivity index (χ3n) is 1.89. The van der Waals surface area contributed by atoms with Crippen molar-refractivity contribution in [2.24, 2.45) is 4.99 Å². The van der Waals surface area contributed by atoms with Crippen LogP contribution in [0.5, 0.6) is 5.75 Å². The van der Waals surface area contributed by atoms with E-state index in [-0.39, 0.29) is 5.75 Å². The molecule has 1 aromatic heterocycles. The molecule has 0 aliphatic heterocycles. The van der Waals surface area contributed by atoms with Crippen LogP contribution in [0.2, 0.25) is 0 Å². The van der Waals surface area contributed by atoms with E-state index in [9.17, 15) is 5.11 Å². The third-order valence-corrected chi connectivity index (χ3v) is 1.89. The largest absolute Gasteiger partial charge is 0.507 e. The van der Waals surface area contributed by atoms with Crippen LogP contribution in [-0.2, 0) is 0 Å². The van der Waals surface area contributed by atoms with Crippen molar-refractivity contribution >= 4 is 12.0 Å². The van der Waals surface area contributed by atoms with Crippen molar-refractivity contribution < 1.29 is 9.74 Å². The molecule has 0 aliphatic carbocycles. The van der Waals surface area contributed by atoms with Gasteiger partial charge in [0.25, 0.3) is 0 Å². The fourth-order valence-electron chi connectivity index (χ4n) is 1.07. The molecule has 0 unspecified atom stereocenters. The second kappa shape index (κ2) is 3.91. The number of phenolic OH excluding ortho intramolecular Hbond substituents is 1. The van der Waals surface area contributed by atoms with E-state index >= 15 is 0 Å². The second-order valence-corrected chi connectivity index (χ2v) is 2.99. The fourth-order valence-corrected chi connectivity index (χ4v) is 1.07. The zero-order valence-corrected chi connectivity index (χ0v) is 8.08. The molecule has 0 spiro atoms. The predicted octanol–water partition coefficient (Wildman–Crippen LogP) is 1.83. The molecule has 0 saturated heterocycles. The third kappa shape index (κ3) is 2.01. The normalized spacial score (nSPS) is 11.0. The molecule has 0 atom stereocenters. The summed E-state index contributed by atoms with van der Waals surface area (Å²) in [6.45, 7) is 1.74. The van der Waals surface area contributed by atoms with Gasteiger partial charge in [-0.3, -0.25) is 0 Å². The first kappa shape index (κ1) is 9.39. The minimum absolute atomic E-state index is 0.176. The highest BCUT2D eigenvalue weighted by Crippen LogP contribution is 2.16. The summed E-state index contributed by atoms with van der Waals surface area (Å²) >= 11 is 0. The van der Waals surface area contributed by atoms with Crippen LogP contribution in [0.3, 0.4) is 0 Å². The maximum absolute atomic E-state index is 9.46. The lowest BCUT2D eigenvalue weighted by atomic mass is 10.2. The monoisotopic (exact) mass is 203 g/mol. The van der Waals surface area contributed by atoms with Crippen LogP contribution in [-0.4, -0.2) is 21.6 Å². The lowest BCUT2D eigenvalue weighted by molar-refractivity contribution is 0.306. The average molecular weight is 203 g/mol. The average Bonchev–Trinajstić information content (AvgIpc) is 2.63. The minimum atomic E-state index is 0.176. The number of benzene rings is 1. The van der Waals surface area contributed by atoms with Crippen LogP contribution >= 0.6 is 0 Å². The first-order valence-corrected chi connectivity index (χ1v) is 4.38. The Morgan fingerprint density at radius 3 is 2.80 bits per heavy atom. The smallest absolute Gasteiger partial charge is 0.219 e. The number of aromatic nitrogens is 2. The summed E-state index contributed by atoms with van der Waals surface area (Å²) in [5, 5.41) is 16.6. The van der Waals surface area contributed by atoms with Crippen molar-refractivity contribution in [2.75, 3.05) is 0 Å². The van der Waals surface area contributed by atoms with Gasteiger partial charge in [0.2, 0.25) is 5.82 Å². The van der Waals surface area contributed by atoms with Crippen molar-refractivity contribution in [3.8, 4) is 5.75 Å². The fraction of sp³-hybridized carbons (Fsp3) is 0.100. The number of para-hydroxylation sites is 1. The molecule has 0 aliphatic rings. The maximum Gasteiger partial charge on any atom is 0.219 e. The number of nitrogens with zero attached hydrogens (tertiary/aromatic N) is 3. The quantitative estimate of drug-likeness (QED) is 0.756. The number of phenols is 1. The van der Waals surface area contributed by atoms with E-state index < -0.39 is 0 Å². The Labute approximate surface area is 86.0 Å². The molecule has 15 heavy (non-hydrogen) atoms. The van der Waals surface area contributed by atoms with Gasteiger partial charge in [-0.1, -0.05) is 17.3 Å². The van der Waals surface area contributed by atoms with Crippen molar-refractivity contribution in [1.82, 2.24) is 10.3 Å². The zero-order valence-electron chi connectivity index (χ0n) is 8.08.